The topological polar surface area (TPSA) is 26.3 Å². The summed E-state index contributed by atoms with van der Waals surface area (Å²) in [6, 6.07) is 0. The third-order valence-electron chi connectivity index (χ3n) is 5.51. The van der Waals surface area contributed by atoms with Gasteiger partial charge in [0.2, 0.25) is 0 Å². The molecule has 3 aliphatic carbocycles. The van der Waals surface area contributed by atoms with Crippen LogP contribution in [0.2, 0.25) is 0 Å². The summed E-state index contributed by atoms with van der Waals surface area (Å²) in [5.41, 5.74) is 0.405. The van der Waals surface area contributed by atoms with E-state index in [0.717, 1.165) is 6.42 Å². The molecule has 0 aromatic heterocycles. The minimum absolute atomic E-state index is 0.106. The summed E-state index contributed by atoms with van der Waals surface area (Å²) in [6.45, 7) is 4.35. The SMILES string of the molecule is C[C@@H]1C(=O)C=CC23CC4CC(C)(C2)OC4C13. The summed E-state index contributed by atoms with van der Waals surface area (Å²) < 4.78 is 6.24. The Labute approximate surface area is 96.0 Å². The minimum atomic E-state index is 0.106. The third-order valence-corrected chi connectivity index (χ3v) is 5.51. The molecule has 2 saturated heterocycles. The van der Waals surface area contributed by atoms with Crippen LogP contribution in [0, 0.1) is 23.2 Å². The zero-order valence-corrected chi connectivity index (χ0v) is 9.90. The lowest BCUT2D eigenvalue weighted by Gasteiger charge is -2.50. The van der Waals surface area contributed by atoms with Crippen LogP contribution in [0.3, 0.4) is 0 Å². The van der Waals surface area contributed by atoms with Gasteiger partial charge < -0.3 is 4.74 Å². The lowest BCUT2D eigenvalue weighted by atomic mass is 9.60. The average Bonchev–Trinajstić information content (AvgIpc) is 2.56. The van der Waals surface area contributed by atoms with Crippen molar-refractivity contribution in [3.8, 4) is 0 Å². The van der Waals surface area contributed by atoms with Gasteiger partial charge in [-0.15, -0.1) is 0 Å². The molecule has 0 aromatic rings. The van der Waals surface area contributed by atoms with E-state index in [-0.39, 0.29) is 11.5 Å². The molecule has 2 heteroatoms. The van der Waals surface area contributed by atoms with E-state index in [1.54, 1.807) is 0 Å². The van der Waals surface area contributed by atoms with Crippen molar-refractivity contribution in [3.05, 3.63) is 12.2 Å². The lowest BCUT2D eigenvalue weighted by molar-refractivity contribution is -0.150. The Balaban J connectivity index is 1.87. The fourth-order valence-corrected chi connectivity index (χ4v) is 5.25. The van der Waals surface area contributed by atoms with Crippen molar-refractivity contribution in [1.82, 2.24) is 0 Å². The van der Waals surface area contributed by atoms with Gasteiger partial charge in [-0.2, -0.15) is 0 Å². The molecule has 1 spiro atoms. The Kier molecular flexibility index (Phi) is 1.44. The highest BCUT2D eigenvalue weighted by atomic mass is 16.5. The standard InChI is InChI=1S/C14H18O2/c1-8-10(15)3-4-14-6-9-5-13(2,7-14)16-12(9)11(8)14/h3-4,8-9,11-12H,5-7H2,1-2H3/t8-,9?,11?,12?,13?,14?/m1/s1. The number of rotatable bonds is 0. The number of carbonyl (C=O) groups excluding carboxylic acids is 1. The van der Waals surface area contributed by atoms with Crippen LogP contribution in [0.4, 0.5) is 0 Å². The molecule has 2 nitrogen and oxygen atoms in total. The van der Waals surface area contributed by atoms with Crippen LogP contribution < -0.4 is 0 Å². The monoisotopic (exact) mass is 218 g/mol. The molecule has 2 aliphatic heterocycles. The number of hydrogen-bond acceptors (Lipinski definition) is 2. The predicted molar refractivity (Wildman–Crippen MR) is 59.9 cm³/mol. The van der Waals surface area contributed by atoms with E-state index in [4.69, 9.17) is 4.74 Å². The van der Waals surface area contributed by atoms with Gasteiger partial charge in [0.1, 0.15) is 0 Å². The molecule has 86 valence electrons. The summed E-state index contributed by atoms with van der Waals surface area (Å²) in [5, 5.41) is 0. The van der Waals surface area contributed by atoms with E-state index in [2.05, 4.69) is 19.9 Å². The van der Waals surface area contributed by atoms with E-state index in [0.29, 0.717) is 29.1 Å². The highest BCUT2D eigenvalue weighted by molar-refractivity contribution is 5.93. The zero-order chi connectivity index (χ0) is 11.1. The molecule has 5 rings (SSSR count). The van der Waals surface area contributed by atoms with Gasteiger partial charge in [0.05, 0.1) is 11.7 Å². The maximum Gasteiger partial charge on any atom is 0.158 e. The molecule has 0 amide bonds. The second-order valence-electron chi connectivity index (χ2n) is 6.66. The van der Waals surface area contributed by atoms with Gasteiger partial charge in [0.25, 0.3) is 0 Å². The van der Waals surface area contributed by atoms with Gasteiger partial charge in [-0.25, -0.2) is 0 Å². The van der Waals surface area contributed by atoms with Crippen molar-refractivity contribution >= 4 is 5.78 Å². The van der Waals surface area contributed by atoms with Gasteiger partial charge in [-0.3, -0.25) is 4.79 Å². The Bertz CT molecular complexity index is 413. The summed E-state index contributed by atoms with van der Waals surface area (Å²) in [6.07, 6.45) is 8.04. The Morgan fingerprint density at radius 3 is 3.06 bits per heavy atom. The molecule has 5 unspecified atom stereocenters. The molecule has 2 heterocycles. The second-order valence-corrected chi connectivity index (χ2v) is 6.66. The Hall–Kier alpha value is -0.630. The minimum Gasteiger partial charge on any atom is -0.371 e. The first-order chi connectivity index (χ1) is 7.53. The summed E-state index contributed by atoms with van der Waals surface area (Å²) in [7, 11) is 0. The molecule has 0 aromatic carbocycles. The van der Waals surface area contributed by atoms with Crippen LogP contribution in [-0.4, -0.2) is 17.5 Å². The lowest BCUT2D eigenvalue weighted by Crippen LogP contribution is -2.50. The first-order valence-corrected chi connectivity index (χ1v) is 6.44. The van der Waals surface area contributed by atoms with Crippen LogP contribution in [0.5, 0.6) is 0 Å². The molecule has 16 heavy (non-hydrogen) atoms. The first kappa shape index (κ1) is 9.41. The maximum atomic E-state index is 11.8. The van der Waals surface area contributed by atoms with E-state index in [1.165, 1.54) is 12.8 Å². The van der Waals surface area contributed by atoms with Gasteiger partial charge in [-0.05, 0) is 43.6 Å². The highest BCUT2D eigenvalue weighted by Crippen LogP contribution is 2.68. The quantitative estimate of drug-likeness (QED) is 0.624. The molecular weight excluding hydrogens is 200 g/mol. The zero-order valence-electron chi connectivity index (χ0n) is 9.90. The summed E-state index contributed by atoms with van der Waals surface area (Å²) in [5.74, 6) is 1.65. The molecular formula is C14H18O2. The maximum absolute atomic E-state index is 11.8. The van der Waals surface area contributed by atoms with Crippen LogP contribution in [0.15, 0.2) is 12.2 Å². The Morgan fingerprint density at radius 2 is 2.25 bits per heavy atom. The van der Waals surface area contributed by atoms with Crippen LogP contribution in [0.1, 0.15) is 33.1 Å². The van der Waals surface area contributed by atoms with Crippen molar-refractivity contribution in [2.45, 2.75) is 44.8 Å². The summed E-state index contributed by atoms with van der Waals surface area (Å²) in [4.78, 5) is 11.8. The fourth-order valence-electron chi connectivity index (χ4n) is 5.25. The average molecular weight is 218 g/mol. The predicted octanol–water partition coefficient (Wildman–Crippen LogP) is 2.34. The highest BCUT2D eigenvalue weighted by Gasteiger charge is 2.68. The second kappa shape index (κ2) is 2.45. The van der Waals surface area contributed by atoms with Crippen LogP contribution in [-0.2, 0) is 9.53 Å². The van der Waals surface area contributed by atoms with Gasteiger partial charge in [-0.1, -0.05) is 13.0 Å². The number of ketones is 1. The van der Waals surface area contributed by atoms with E-state index < -0.39 is 0 Å². The molecule has 0 radical (unpaired) electrons. The molecule has 4 fully saturated rings. The van der Waals surface area contributed by atoms with Crippen LogP contribution >= 0.6 is 0 Å². The number of hydrogen-bond donors (Lipinski definition) is 0. The smallest absolute Gasteiger partial charge is 0.158 e. The Morgan fingerprint density at radius 1 is 1.44 bits per heavy atom. The van der Waals surface area contributed by atoms with E-state index >= 15 is 0 Å². The largest absolute Gasteiger partial charge is 0.371 e. The van der Waals surface area contributed by atoms with E-state index in [1.807, 2.05) is 6.08 Å². The van der Waals surface area contributed by atoms with Crippen molar-refractivity contribution in [1.29, 1.82) is 0 Å². The van der Waals surface area contributed by atoms with Crippen molar-refractivity contribution in [2.75, 3.05) is 0 Å². The van der Waals surface area contributed by atoms with Gasteiger partial charge >= 0.3 is 0 Å². The normalized spacial score (nSPS) is 61.8. The number of carbonyl (C=O) groups is 1. The van der Waals surface area contributed by atoms with E-state index in [9.17, 15) is 4.79 Å². The van der Waals surface area contributed by atoms with Crippen molar-refractivity contribution in [3.63, 3.8) is 0 Å². The van der Waals surface area contributed by atoms with Gasteiger partial charge in [0, 0.05) is 11.8 Å². The molecule has 4 bridgehead atoms. The van der Waals surface area contributed by atoms with Gasteiger partial charge in [0.15, 0.2) is 5.78 Å². The molecule has 0 N–H and O–H groups in total. The summed E-state index contributed by atoms with van der Waals surface area (Å²) >= 11 is 0. The molecule has 2 saturated carbocycles. The first-order valence-electron chi connectivity index (χ1n) is 6.44. The molecule has 6 atom stereocenters. The van der Waals surface area contributed by atoms with Crippen molar-refractivity contribution in [2.24, 2.45) is 23.2 Å². The van der Waals surface area contributed by atoms with Crippen molar-refractivity contribution < 1.29 is 9.53 Å². The van der Waals surface area contributed by atoms with Crippen LogP contribution in [0.25, 0.3) is 0 Å². The number of ether oxygens (including phenoxy) is 1. The number of allylic oxidation sites excluding steroid dienone is 2. The third kappa shape index (κ3) is 0.874. The molecule has 5 aliphatic rings. The fraction of sp³-hybridized carbons (Fsp3) is 0.786.